The first-order valence-electron chi connectivity index (χ1n) is 9.37. The van der Waals surface area contributed by atoms with Crippen molar-refractivity contribution in [2.75, 3.05) is 0 Å². The molecule has 0 radical (unpaired) electrons. The molecule has 0 saturated carbocycles. The third kappa shape index (κ3) is 6.52. The molecule has 0 aromatic heterocycles. The van der Waals surface area contributed by atoms with Gasteiger partial charge in [-0.3, -0.25) is 9.52 Å². The largest absolute Gasteiger partial charge is 0.444 e. The molecule has 2 N–H and O–H groups in total. The van der Waals surface area contributed by atoms with Crippen LogP contribution in [0.2, 0.25) is 0 Å². The number of fused-ring (bicyclic) bond motifs is 1. The minimum atomic E-state index is -1.92. The van der Waals surface area contributed by atoms with Gasteiger partial charge in [-0.15, -0.1) is 0 Å². The average molecular weight is 423 g/mol. The number of carbonyl (C=O) groups excluding carboxylic acids is 2. The Bertz CT molecular complexity index is 925. The summed E-state index contributed by atoms with van der Waals surface area (Å²) in [6.07, 6.45) is -0.386. The van der Waals surface area contributed by atoms with E-state index in [1.807, 2.05) is 13.8 Å². The van der Waals surface area contributed by atoms with Crippen molar-refractivity contribution >= 4 is 33.8 Å². The van der Waals surface area contributed by atoms with E-state index < -0.39 is 40.4 Å². The number of hydrogen-bond donors (Lipinski definition) is 2. The third-order valence-corrected chi connectivity index (χ3v) is 5.08. The van der Waals surface area contributed by atoms with Crippen molar-refractivity contribution in [2.24, 2.45) is 5.92 Å². The highest BCUT2D eigenvalue weighted by Crippen LogP contribution is 2.24. The summed E-state index contributed by atoms with van der Waals surface area (Å²) < 4.78 is 34.4. The number of benzene rings is 2. The van der Waals surface area contributed by atoms with Crippen LogP contribution in [0, 0.1) is 11.7 Å². The van der Waals surface area contributed by atoms with Gasteiger partial charge >= 0.3 is 6.09 Å². The molecule has 1 unspecified atom stereocenters. The molecule has 0 aliphatic rings. The van der Waals surface area contributed by atoms with Crippen LogP contribution in [0.25, 0.3) is 10.8 Å². The van der Waals surface area contributed by atoms with Gasteiger partial charge in [-0.1, -0.05) is 38.1 Å². The fourth-order valence-corrected chi connectivity index (χ4v) is 3.77. The average Bonchev–Trinajstić information content (AvgIpc) is 2.59. The van der Waals surface area contributed by atoms with Crippen LogP contribution < -0.4 is 10.0 Å². The quantitative estimate of drug-likeness (QED) is 0.735. The molecule has 2 atom stereocenters. The van der Waals surface area contributed by atoms with Gasteiger partial charge < -0.3 is 10.1 Å². The van der Waals surface area contributed by atoms with E-state index in [0.29, 0.717) is 17.2 Å². The van der Waals surface area contributed by atoms with Gasteiger partial charge in [0.05, 0.1) is 4.90 Å². The molecular weight excluding hydrogens is 395 g/mol. The van der Waals surface area contributed by atoms with Gasteiger partial charge in [0.25, 0.3) is 5.91 Å². The van der Waals surface area contributed by atoms with Gasteiger partial charge in [0.15, 0.2) is 11.0 Å². The number of alkyl carbamates (subject to hydrolysis) is 1. The van der Waals surface area contributed by atoms with Gasteiger partial charge in [0, 0.05) is 10.8 Å². The smallest absolute Gasteiger partial charge is 0.408 e. The summed E-state index contributed by atoms with van der Waals surface area (Å²) in [6, 6.07) is 8.29. The van der Waals surface area contributed by atoms with Crippen LogP contribution in [0.4, 0.5) is 9.18 Å². The maximum absolute atomic E-state index is 14.0. The first-order valence-corrected chi connectivity index (χ1v) is 10.5. The summed E-state index contributed by atoms with van der Waals surface area (Å²) in [7, 11) is -1.92. The van der Waals surface area contributed by atoms with Gasteiger partial charge in [-0.25, -0.2) is 13.4 Å². The molecule has 158 valence electrons. The van der Waals surface area contributed by atoms with Gasteiger partial charge in [0.2, 0.25) is 0 Å². The number of rotatable bonds is 6. The Labute approximate surface area is 172 Å². The molecule has 0 saturated heterocycles. The van der Waals surface area contributed by atoms with E-state index in [2.05, 4.69) is 10.0 Å². The van der Waals surface area contributed by atoms with Crippen molar-refractivity contribution < 1.29 is 22.9 Å². The summed E-state index contributed by atoms with van der Waals surface area (Å²) in [4.78, 5) is 25.1. The van der Waals surface area contributed by atoms with Crippen LogP contribution in [-0.4, -0.2) is 27.9 Å². The monoisotopic (exact) mass is 422 g/mol. The molecule has 29 heavy (non-hydrogen) atoms. The minimum Gasteiger partial charge on any atom is -0.444 e. The number of nitrogens with one attached hydrogen (secondary N) is 2. The molecule has 6 nitrogen and oxygen atoms in total. The fraction of sp³-hybridized carbons (Fsp3) is 0.429. The highest BCUT2D eigenvalue weighted by atomic mass is 32.2. The molecule has 2 amide bonds. The van der Waals surface area contributed by atoms with Crippen LogP contribution in [-0.2, 0) is 20.5 Å². The Morgan fingerprint density at radius 1 is 1.10 bits per heavy atom. The fourth-order valence-electron chi connectivity index (χ4n) is 2.77. The Balaban J connectivity index is 2.19. The second-order valence-electron chi connectivity index (χ2n) is 8.15. The highest BCUT2D eigenvalue weighted by Gasteiger charge is 2.26. The van der Waals surface area contributed by atoms with Crippen molar-refractivity contribution in [2.45, 2.75) is 57.6 Å². The summed E-state index contributed by atoms with van der Waals surface area (Å²) >= 11 is 0. The predicted molar refractivity (Wildman–Crippen MR) is 111 cm³/mol. The summed E-state index contributed by atoms with van der Waals surface area (Å²) in [5, 5.41) is 3.31. The molecule has 0 spiro atoms. The second-order valence-corrected chi connectivity index (χ2v) is 9.34. The van der Waals surface area contributed by atoms with E-state index in [1.165, 1.54) is 12.1 Å². The Morgan fingerprint density at radius 2 is 1.72 bits per heavy atom. The first-order chi connectivity index (χ1) is 13.5. The van der Waals surface area contributed by atoms with E-state index in [0.717, 1.165) is 0 Å². The van der Waals surface area contributed by atoms with E-state index in [-0.39, 0.29) is 10.8 Å². The highest BCUT2D eigenvalue weighted by molar-refractivity contribution is 7.84. The normalized spacial score (nSPS) is 13.8. The van der Waals surface area contributed by atoms with Gasteiger partial charge in [0.1, 0.15) is 17.5 Å². The molecule has 0 aliphatic heterocycles. The van der Waals surface area contributed by atoms with Crippen LogP contribution in [0.1, 0.15) is 41.0 Å². The van der Waals surface area contributed by atoms with E-state index in [1.54, 1.807) is 45.0 Å². The van der Waals surface area contributed by atoms with Crippen LogP contribution in [0.3, 0.4) is 0 Å². The lowest BCUT2D eigenvalue weighted by Gasteiger charge is -2.24. The first kappa shape index (κ1) is 22.8. The molecule has 2 rings (SSSR count). The lowest BCUT2D eigenvalue weighted by Crippen LogP contribution is -2.49. The molecule has 0 bridgehead atoms. The van der Waals surface area contributed by atoms with Gasteiger partial charge in [-0.05, 0) is 45.2 Å². The standard InChI is InChI=1S/C21H27FN2O4S/c1-13(2)12-17(23-20(26)28-21(3,4)5)19(25)24-29(27)18-11-10-16(22)14-8-6-7-9-15(14)18/h6-11,13,17H,12H2,1-5H3,(H,23,26)(H,24,25)/t17-,29?/m0/s1. The Hall–Kier alpha value is -2.48. The van der Waals surface area contributed by atoms with Crippen molar-refractivity contribution in [3.8, 4) is 0 Å². The lowest BCUT2D eigenvalue weighted by molar-refractivity contribution is -0.121. The van der Waals surface area contributed by atoms with E-state index in [4.69, 9.17) is 4.74 Å². The Kier molecular flexibility index (Phi) is 7.35. The lowest BCUT2D eigenvalue weighted by atomic mass is 10.0. The molecule has 0 heterocycles. The number of hydrogen-bond acceptors (Lipinski definition) is 4. The number of halogens is 1. The minimum absolute atomic E-state index is 0.0979. The summed E-state index contributed by atoms with van der Waals surface area (Å²) in [6.45, 7) is 8.97. The van der Waals surface area contributed by atoms with E-state index in [9.17, 15) is 18.2 Å². The molecule has 0 aliphatic carbocycles. The van der Waals surface area contributed by atoms with Crippen molar-refractivity contribution in [1.82, 2.24) is 10.0 Å². The summed E-state index contributed by atoms with van der Waals surface area (Å²) in [5.74, 6) is -0.936. The predicted octanol–water partition coefficient (Wildman–Crippen LogP) is 4.06. The molecule has 2 aromatic carbocycles. The number of carbonyl (C=O) groups is 2. The van der Waals surface area contributed by atoms with Crippen LogP contribution in [0.15, 0.2) is 41.3 Å². The topological polar surface area (TPSA) is 84.5 Å². The molecular formula is C21H27FN2O4S. The Morgan fingerprint density at radius 3 is 2.31 bits per heavy atom. The van der Waals surface area contributed by atoms with Crippen LogP contribution in [0.5, 0.6) is 0 Å². The third-order valence-electron chi connectivity index (χ3n) is 3.94. The molecule has 8 heteroatoms. The van der Waals surface area contributed by atoms with Gasteiger partial charge in [-0.2, -0.15) is 0 Å². The SMILES string of the molecule is CC(C)C[C@H](NC(=O)OC(C)(C)C)C(=O)NS(=O)c1ccc(F)c2ccccc12. The zero-order valence-corrected chi connectivity index (χ0v) is 18.1. The maximum atomic E-state index is 14.0. The summed E-state index contributed by atoms with van der Waals surface area (Å²) in [5.41, 5.74) is -0.710. The zero-order valence-electron chi connectivity index (χ0n) is 17.2. The number of ether oxygens (including phenoxy) is 1. The van der Waals surface area contributed by atoms with Crippen molar-refractivity contribution in [3.05, 3.63) is 42.2 Å². The maximum Gasteiger partial charge on any atom is 0.408 e. The molecule has 2 aromatic rings. The van der Waals surface area contributed by atoms with E-state index >= 15 is 0 Å². The number of amides is 2. The van der Waals surface area contributed by atoms with Crippen molar-refractivity contribution in [3.63, 3.8) is 0 Å². The second kappa shape index (κ2) is 9.35. The van der Waals surface area contributed by atoms with Crippen LogP contribution >= 0.6 is 0 Å². The zero-order chi connectivity index (χ0) is 21.8. The van der Waals surface area contributed by atoms with Crippen molar-refractivity contribution in [1.29, 1.82) is 0 Å². The molecule has 0 fully saturated rings.